The first kappa shape index (κ1) is 17.5. The zero-order chi connectivity index (χ0) is 13.8. The lowest BCUT2D eigenvalue weighted by molar-refractivity contribution is -0.141. The van der Waals surface area contributed by atoms with Crippen LogP contribution in [0.25, 0.3) is 0 Å². The zero-order valence-corrected chi connectivity index (χ0v) is 12.6. The van der Waals surface area contributed by atoms with Gasteiger partial charge in [-0.2, -0.15) is 0 Å². The molecule has 0 heterocycles. The highest BCUT2D eigenvalue weighted by atomic mass is 16.4. The van der Waals surface area contributed by atoms with E-state index in [1.54, 1.807) is 6.92 Å². The molecule has 0 rings (SSSR count). The predicted octanol–water partition coefficient (Wildman–Crippen LogP) is 5.26. The Bertz CT molecular complexity index is 201. The molecule has 0 aromatic carbocycles. The molecule has 0 radical (unpaired) electrons. The van der Waals surface area contributed by atoms with Crippen LogP contribution < -0.4 is 0 Å². The summed E-state index contributed by atoms with van der Waals surface area (Å²) in [6.45, 7) is 6.42. The van der Waals surface area contributed by atoms with Crippen LogP contribution in [0.5, 0.6) is 0 Å². The molecule has 0 saturated carbocycles. The fourth-order valence-corrected chi connectivity index (χ4v) is 2.41. The van der Waals surface area contributed by atoms with E-state index in [1.807, 2.05) is 0 Å². The van der Waals surface area contributed by atoms with Crippen LogP contribution in [0.2, 0.25) is 0 Å². The Hall–Kier alpha value is -0.530. The van der Waals surface area contributed by atoms with Crippen LogP contribution in [-0.2, 0) is 4.79 Å². The standard InChI is InChI=1S/C16H32O2/c1-4-11-14(2)12-9-7-5-6-8-10-13-15(3)16(17)18/h14-15H,4-13H2,1-3H3,(H,17,18). The average molecular weight is 256 g/mol. The minimum absolute atomic E-state index is 0.167. The lowest BCUT2D eigenvalue weighted by atomic mass is 9.97. The lowest BCUT2D eigenvalue weighted by Gasteiger charge is -2.09. The van der Waals surface area contributed by atoms with E-state index in [1.165, 1.54) is 51.4 Å². The van der Waals surface area contributed by atoms with Crippen molar-refractivity contribution in [3.8, 4) is 0 Å². The molecule has 0 aliphatic carbocycles. The zero-order valence-electron chi connectivity index (χ0n) is 12.6. The number of carboxylic acids is 1. The maximum atomic E-state index is 10.6. The van der Waals surface area contributed by atoms with Crippen molar-refractivity contribution in [2.45, 2.75) is 85.0 Å². The van der Waals surface area contributed by atoms with Gasteiger partial charge in [0.05, 0.1) is 5.92 Å². The van der Waals surface area contributed by atoms with Gasteiger partial charge >= 0.3 is 5.97 Å². The summed E-state index contributed by atoms with van der Waals surface area (Å²) in [7, 11) is 0. The second kappa shape index (κ2) is 11.6. The Morgan fingerprint density at radius 2 is 1.39 bits per heavy atom. The van der Waals surface area contributed by atoms with Crippen LogP contribution in [0.15, 0.2) is 0 Å². The van der Waals surface area contributed by atoms with Crippen LogP contribution >= 0.6 is 0 Å². The first-order valence-corrected chi connectivity index (χ1v) is 7.80. The lowest BCUT2D eigenvalue weighted by Crippen LogP contribution is -2.08. The summed E-state index contributed by atoms with van der Waals surface area (Å²) in [5.41, 5.74) is 0. The van der Waals surface area contributed by atoms with Gasteiger partial charge in [0.25, 0.3) is 0 Å². The number of unbranched alkanes of at least 4 members (excludes halogenated alkanes) is 5. The summed E-state index contributed by atoms with van der Waals surface area (Å²) in [6, 6.07) is 0. The van der Waals surface area contributed by atoms with E-state index in [2.05, 4.69) is 13.8 Å². The Kier molecular flexibility index (Phi) is 11.2. The average Bonchev–Trinajstić information content (AvgIpc) is 2.32. The minimum atomic E-state index is -0.653. The second-order valence-corrected chi connectivity index (χ2v) is 5.83. The molecular formula is C16H32O2. The molecular weight excluding hydrogens is 224 g/mol. The maximum Gasteiger partial charge on any atom is 0.306 e. The van der Waals surface area contributed by atoms with E-state index in [9.17, 15) is 4.79 Å². The van der Waals surface area contributed by atoms with Crippen LogP contribution in [0.1, 0.15) is 85.0 Å². The van der Waals surface area contributed by atoms with Crippen molar-refractivity contribution in [2.75, 3.05) is 0 Å². The van der Waals surface area contributed by atoms with Gasteiger partial charge in [-0.05, 0) is 12.3 Å². The highest BCUT2D eigenvalue weighted by molar-refractivity contribution is 5.69. The predicted molar refractivity (Wildman–Crippen MR) is 77.8 cm³/mol. The van der Waals surface area contributed by atoms with Crippen molar-refractivity contribution in [1.82, 2.24) is 0 Å². The van der Waals surface area contributed by atoms with Gasteiger partial charge in [0.2, 0.25) is 0 Å². The number of aliphatic carboxylic acids is 1. The molecule has 2 unspecified atom stereocenters. The van der Waals surface area contributed by atoms with Gasteiger partial charge in [-0.3, -0.25) is 4.79 Å². The number of carbonyl (C=O) groups is 1. The molecule has 2 nitrogen and oxygen atoms in total. The van der Waals surface area contributed by atoms with Gasteiger partial charge < -0.3 is 5.11 Å². The van der Waals surface area contributed by atoms with E-state index in [0.717, 1.165) is 18.8 Å². The first-order valence-electron chi connectivity index (χ1n) is 7.80. The molecule has 2 atom stereocenters. The van der Waals surface area contributed by atoms with Crippen molar-refractivity contribution in [2.24, 2.45) is 11.8 Å². The Morgan fingerprint density at radius 3 is 1.89 bits per heavy atom. The van der Waals surface area contributed by atoms with Gasteiger partial charge in [-0.25, -0.2) is 0 Å². The summed E-state index contributed by atoms with van der Waals surface area (Å²) in [5, 5.41) is 8.75. The number of hydrogen-bond acceptors (Lipinski definition) is 1. The molecule has 108 valence electrons. The molecule has 0 bridgehead atoms. The van der Waals surface area contributed by atoms with Crippen molar-refractivity contribution >= 4 is 5.97 Å². The summed E-state index contributed by atoms with van der Waals surface area (Å²) in [6.07, 6.45) is 12.5. The summed E-state index contributed by atoms with van der Waals surface area (Å²) in [4.78, 5) is 10.6. The molecule has 0 fully saturated rings. The third kappa shape index (κ3) is 10.6. The van der Waals surface area contributed by atoms with E-state index in [-0.39, 0.29) is 5.92 Å². The SMILES string of the molecule is CCCC(C)CCCCCCCCC(C)C(=O)O. The summed E-state index contributed by atoms with van der Waals surface area (Å²) in [5.74, 6) is 0.0752. The Balaban J connectivity index is 3.19. The smallest absolute Gasteiger partial charge is 0.306 e. The highest BCUT2D eigenvalue weighted by Crippen LogP contribution is 2.16. The van der Waals surface area contributed by atoms with Crippen LogP contribution in [0.4, 0.5) is 0 Å². The third-order valence-electron chi connectivity index (χ3n) is 3.79. The molecule has 1 N–H and O–H groups in total. The quantitative estimate of drug-likeness (QED) is 0.483. The van der Waals surface area contributed by atoms with Gasteiger partial charge in [-0.15, -0.1) is 0 Å². The van der Waals surface area contributed by atoms with Gasteiger partial charge in [-0.1, -0.05) is 78.6 Å². The van der Waals surface area contributed by atoms with E-state index >= 15 is 0 Å². The number of carboxylic acid groups (broad SMARTS) is 1. The molecule has 0 saturated heterocycles. The van der Waals surface area contributed by atoms with E-state index in [0.29, 0.717) is 0 Å². The molecule has 0 amide bonds. The molecule has 0 aromatic rings. The molecule has 2 heteroatoms. The second-order valence-electron chi connectivity index (χ2n) is 5.83. The summed E-state index contributed by atoms with van der Waals surface area (Å²) < 4.78 is 0. The topological polar surface area (TPSA) is 37.3 Å². The van der Waals surface area contributed by atoms with Crippen LogP contribution in [0.3, 0.4) is 0 Å². The summed E-state index contributed by atoms with van der Waals surface area (Å²) >= 11 is 0. The molecule has 0 aliphatic rings. The van der Waals surface area contributed by atoms with Crippen molar-refractivity contribution < 1.29 is 9.90 Å². The molecule has 0 spiro atoms. The molecule has 18 heavy (non-hydrogen) atoms. The van der Waals surface area contributed by atoms with Gasteiger partial charge in [0.1, 0.15) is 0 Å². The molecule has 0 aromatic heterocycles. The van der Waals surface area contributed by atoms with Gasteiger partial charge in [0, 0.05) is 0 Å². The van der Waals surface area contributed by atoms with Crippen molar-refractivity contribution in [1.29, 1.82) is 0 Å². The third-order valence-corrected chi connectivity index (χ3v) is 3.79. The van der Waals surface area contributed by atoms with Crippen molar-refractivity contribution in [3.63, 3.8) is 0 Å². The largest absolute Gasteiger partial charge is 0.481 e. The van der Waals surface area contributed by atoms with E-state index < -0.39 is 5.97 Å². The fraction of sp³-hybridized carbons (Fsp3) is 0.938. The normalized spacial score (nSPS) is 14.4. The van der Waals surface area contributed by atoms with E-state index in [4.69, 9.17) is 5.11 Å². The maximum absolute atomic E-state index is 10.6. The van der Waals surface area contributed by atoms with Gasteiger partial charge in [0.15, 0.2) is 0 Å². The highest BCUT2D eigenvalue weighted by Gasteiger charge is 2.09. The fourth-order valence-electron chi connectivity index (χ4n) is 2.41. The minimum Gasteiger partial charge on any atom is -0.481 e. The first-order chi connectivity index (χ1) is 8.57. The monoisotopic (exact) mass is 256 g/mol. The number of rotatable bonds is 12. The van der Waals surface area contributed by atoms with Crippen LogP contribution in [-0.4, -0.2) is 11.1 Å². The Labute approximate surface area is 113 Å². The Morgan fingerprint density at radius 1 is 0.889 bits per heavy atom. The molecule has 0 aliphatic heterocycles. The number of hydrogen-bond donors (Lipinski definition) is 1. The van der Waals surface area contributed by atoms with Crippen LogP contribution in [0, 0.1) is 11.8 Å². The van der Waals surface area contributed by atoms with Crippen molar-refractivity contribution in [3.05, 3.63) is 0 Å².